The molecule has 0 bridgehead atoms. The summed E-state index contributed by atoms with van der Waals surface area (Å²) >= 11 is 0. The maximum atomic E-state index is 13.5. The van der Waals surface area contributed by atoms with E-state index in [4.69, 9.17) is 9.47 Å². The van der Waals surface area contributed by atoms with Crippen LogP contribution < -0.4 is 20.1 Å². The number of carbonyl (C=O) groups excluding carboxylic acids is 2. The van der Waals surface area contributed by atoms with Crippen LogP contribution >= 0.6 is 0 Å². The molecule has 6 nitrogen and oxygen atoms in total. The smallest absolute Gasteiger partial charge is 0.313 e. The van der Waals surface area contributed by atoms with Crippen LogP contribution in [0.25, 0.3) is 0 Å². The molecule has 0 aliphatic heterocycles. The van der Waals surface area contributed by atoms with Crippen molar-refractivity contribution in [1.82, 2.24) is 5.32 Å². The van der Waals surface area contributed by atoms with Gasteiger partial charge >= 0.3 is 11.8 Å². The lowest BCUT2D eigenvalue weighted by atomic mass is 10.1. The van der Waals surface area contributed by atoms with E-state index in [0.29, 0.717) is 24.0 Å². The van der Waals surface area contributed by atoms with Crippen LogP contribution in [0.2, 0.25) is 0 Å². The Labute approximate surface area is 153 Å². The van der Waals surface area contributed by atoms with Crippen LogP contribution in [0, 0.1) is 17.5 Å². The second-order valence-electron chi connectivity index (χ2n) is 5.37. The molecule has 144 valence electrons. The van der Waals surface area contributed by atoms with E-state index in [-0.39, 0.29) is 6.54 Å². The maximum Gasteiger partial charge on any atom is 0.313 e. The number of rotatable bonds is 6. The van der Waals surface area contributed by atoms with Crippen LogP contribution in [0.1, 0.15) is 5.56 Å². The average molecular weight is 382 g/mol. The lowest BCUT2D eigenvalue weighted by Gasteiger charge is -2.10. The molecule has 0 spiro atoms. The van der Waals surface area contributed by atoms with Gasteiger partial charge in [0.05, 0.1) is 19.9 Å². The summed E-state index contributed by atoms with van der Waals surface area (Å²) in [5.74, 6) is -5.88. The topological polar surface area (TPSA) is 76.7 Å². The Bertz CT molecular complexity index is 859. The minimum absolute atomic E-state index is 0.113. The third-order valence-electron chi connectivity index (χ3n) is 3.64. The molecule has 0 saturated carbocycles. The van der Waals surface area contributed by atoms with Crippen LogP contribution in [-0.4, -0.2) is 32.6 Å². The first-order chi connectivity index (χ1) is 12.9. The molecule has 0 saturated heterocycles. The van der Waals surface area contributed by atoms with Crippen LogP contribution in [0.15, 0.2) is 30.3 Å². The van der Waals surface area contributed by atoms with E-state index >= 15 is 0 Å². The molecule has 0 atom stereocenters. The molecule has 0 fully saturated rings. The number of halogens is 3. The lowest BCUT2D eigenvalue weighted by molar-refractivity contribution is -0.136. The number of hydrogen-bond acceptors (Lipinski definition) is 4. The second-order valence-corrected chi connectivity index (χ2v) is 5.37. The number of hydrogen-bond donors (Lipinski definition) is 2. The molecular formula is C18H17F3N2O4. The Hall–Kier alpha value is -3.23. The van der Waals surface area contributed by atoms with Crippen molar-refractivity contribution in [3.63, 3.8) is 0 Å². The fourth-order valence-corrected chi connectivity index (χ4v) is 2.24. The Kier molecular flexibility index (Phi) is 6.64. The maximum absolute atomic E-state index is 13.5. The van der Waals surface area contributed by atoms with E-state index in [9.17, 15) is 22.8 Å². The van der Waals surface area contributed by atoms with Crippen molar-refractivity contribution in [2.75, 3.05) is 26.1 Å². The summed E-state index contributed by atoms with van der Waals surface area (Å²) in [6, 6.07) is 6.66. The zero-order valence-corrected chi connectivity index (χ0v) is 14.6. The summed E-state index contributed by atoms with van der Waals surface area (Å²) in [6.45, 7) is 0.113. The number of benzene rings is 2. The van der Waals surface area contributed by atoms with Crippen molar-refractivity contribution in [3.05, 3.63) is 53.3 Å². The summed E-state index contributed by atoms with van der Waals surface area (Å²) in [5.41, 5.74) is 0.189. The zero-order chi connectivity index (χ0) is 20.0. The predicted octanol–water partition coefficient (Wildman–Crippen LogP) is 2.42. The van der Waals surface area contributed by atoms with Gasteiger partial charge in [-0.25, -0.2) is 13.2 Å². The van der Waals surface area contributed by atoms with Gasteiger partial charge in [0.25, 0.3) is 0 Å². The van der Waals surface area contributed by atoms with Crippen LogP contribution in [0.5, 0.6) is 11.5 Å². The number of nitrogens with one attached hydrogen (secondary N) is 2. The van der Waals surface area contributed by atoms with Crippen LogP contribution in [0.4, 0.5) is 18.9 Å². The van der Waals surface area contributed by atoms with Gasteiger partial charge in [-0.05, 0) is 36.2 Å². The predicted molar refractivity (Wildman–Crippen MR) is 91.2 cm³/mol. The normalized spacial score (nSPS) is 10.3. The van der Waals surface area contributed by atoms with Gasteiger partial charge < -0.3 is 20.1 Å². The number of ether oxygens (including phenoxy) is 2. The highest BCUT2D eigenvalue weighted by Gasteiger charge is 2.19. The summed E-state index contributed by atoms with van der Waals surface area (Å²) in [4.78, 5) is 23.5. The van der Waals surface area contributed by atoms with Crippen molar-refractivity contribution < 1.29 is 32.2 Å². The van der Waals surface area contributed by atoms with E-state index in [2.05, 4.69) is 5.32 Å². The van der Waals surface area contributed by atoms with Crippen LogP contribution in [0.3, 0.4) is 0 Å². The van der Waals surface area contributed by atoms with Gasteiger partial charge in [-0.1, -0.05) is 6.07 Å². The van der Waals surface area contributed by atoms with Gasteiger partial charge in [-0.3, -0.25) is 9.59 Å². The molecule has 0 radical (unpaired) electrons. The van der Waals surface area contributed by atoms with Crippen molar-refractivity contribution in [2.24, 2.45) is 0 Å². The summed E-state index contributed by atoms with van der Waals surface area (Å²) in [6.07, 6.45) is 0.388. The molecule has 0 heterocycles. The Balaban J connectivity index is 1.90. The van der Waals surface area contributed by atoms with Gasteiger partial charge in [0.2, 0.25) is 0 Å². The van der Waals surface area contributed by atoms with Crippen molar-refractivity contribution in [2.45, 2.75) is 6.42 Å². The fourth-order valence-electron chi connectivity index (χ4n) is 2.24. The molecule has 9 heteroatoms. The Morgan fingerprint density at radius 1 is 0.926 bits per heavy atom. The minimum atomic E-state index is -1.73. The number of methoxy groups -OCH3 is 2. The monoisotopic (exact) mass is 382 g/mol. The quantitative estimate of drug-likeness (QED) is 0.594. The number of amides is 2. The van der Waals surface area contributed by atoms with Gasteiger partial charge in [0, 0.05) is 6.54 Å². The average Bonchev–Trinajstić information content (AvgIpc) is 2.68. The first-order valence-corrected chi connectivity index (χ1v) is 7.81. The van der Waals surface area contributed by atoms with Gasteiger partial charge in [0.1, 0.15) is 0 Å². The molecule has 2 aromatic carbocycles. The molecule has 2 N–H and O–H groups in total. The van der Waals surface area contributed by atoms with Gasteiger partial charge in [-0.15, -0.1) is 0 Å². The standard InChI is InChI=1S/C18H17F3N2O4/c1-26-13-6-3-10(9-14(13)27-2)7-8-22-17(24)18(25)23-12-5-4-11(19)15(20)16(12)21/h3-6,9H,7-8H2,1-2H3,(H,22,24)(H,23,25). The molecule has 2 amide bonds. The molecular weight excluding hydrogens is 365 g/mol. The Morgan fingerprint density at radius 3 is 2.30 bits per heavy atom. The van der Waals surface area contributed by atoms with Crippen molar-refractivity contribution in [1.29, 1.82) is 0 Å². The van der Waals surface area contributed by atoms with Gasteiger partial charge in [-0.2, -0.15) is 0 Å². The SMILES string of the molecule is COc1ccc(CCNC(=O)C(=O)Nc2ccc(F)c(F)c2F)cc1OC. The second kappa shape index (κ2) is 8.93. The molecule has 0 aliphatic carbocycles. The fraction of sp³-hybridized carbons (Fsp3) is 0.222. The van der Waals surface area contributed by atoms with Crippen molar-refractivity contribution in [3.8, 4) is 11.5 Å². The first kappa shape index (κ1) is 20.1. The molecule has 0 unspecified atom stereocenters. The van der Waals surface area contributed by atoms with Crippen LogP contribution in [-0.2, 0) is 16.0 Å². The van der Waals surface area contributed by atoms with E-state index in [0.717, 1.165) is 11.6 Å². The summed E-state index contributed by atoms with van der Waals surface area (Å²) < 4.78 is 49.8. The molecule has 0 aliphatic rings. The largest absolute Gasteiger partial charge is 0.493 e. The zero-order valence-electron chi connectivity index (χ0n) is 14.6. The molecule has 27 heavy (non-hydrogen) atoms. The van der Waals surface area contributed by atoms with E-state index in [1.54, 1.807) is 18.2 Å². The lowest BCUT2D eigenvalue weighted by Crippen LogP contribution is -2.36. The highest BCUT2D eigenvalue weighted by Crippen LogP contribution is 2.27. The third kappa shape index (κ3) is 4.90. The van der Waals surface area contributed by atoms with E-state index in [1.165, 1.54) is 14.2 Å². The molecule has 0 aromatic heterocycles. The summed E-state index contributed by atoms with van der Waals surface area (Å²) in [5, 5.41) is 4.24. The third-order valence-corrected chi connectivity index (χ3v) is 3.64. The Morgan fingerprint density at radius 2 is 1.63 bits per heavy atom. The number of anilines is 1. The highest BCUT2D eigenvalue weighted by atomic mass is 19.2. The minimum Gasteiger partial charge on any atom is -0.493 e. The van der Waals surface area contributed by atoms with E-state index < -0.39 is 35.0 Å². The number of carbonyl (C=O) groups is 2. The molecule has 2 aromatic rings. The highest BCUT2D eigenvalue weighted by molar-refractivity contribution is 6.39. The summed E-state index contributed by atoms with van der Waals surface area (Å²) in [7, 11) is 3.00. The van der Waals surface area contributed by atoms with E-state index in [1.807, 2.05) is 5.32 Å². The first-order valence-electron chi connectivity index (χ1n) is 7.81. The van der Waals surface area contributed by atoms with Gasteiger partial charge in [0.15, 0.2) is 29.0 Å². The van der Waals surface area contributed by atoms with Crippen molar-refractivity contribution >= 4 is 17.5 Å². The molecule has 2 rings (SSSR count).